The topological polar surface area (TPSA) is 135 Å². The molecular weight excluding hydrogens is 969 g/mol. The van der Waals surface area contributed by atoms with E-state index in [4.69, 9.17) is 29.9 Å². The summed E-state index contributed by atoms with van der Waals surface area (Å²) in [6.07, 6.45) is 0. The van der Waals surface area contributed by atoms with E-state index in [1.165, 1.54) is 0 Å². The molecule has 0 aliphatic rings. The van der Waals surface area contributed by atoms with E-state index in [1.807, 2.05) is 171 Å². The molecule has 4 heterocycles. The molecule has 0 spiro atoms. The van der Waals surface area contributed by atoms with Crippen molar-refractivity contribution in [2.75, 3.05) is 0 Å². The van der Waals surface area contributed by atoms with Crippen molar-refractivity contribution in [1.82, 2.24) is 39.0 Å². The van der Waals surface area contributed by atoms with E-state index in [0.29, 0.717) is 57.4 Å². The average Bonchev–Trinajstić information content (AvgIpc) is 4.14. The average molecular weight is 1010 g/mol. The molecule has 10 nitrogen and oxygen atoms in total. The summed E-state index contributed by atoms with van der Waals surface area (Å²) in [6.45, 7) is 1.99. The van der Waals surface area contributed by atoms with Gasteiger partial charge in [0, 0.05) is 60.5 Å². The Balaban J connectivity index is 1.04. The van der Waals surface area contributed by atoms with Crippen LogP contribution in [-0.2, 0) is 0 Å². The number of aryl methyl sites for hydroxylation is 1. The summed E-state index contributed by atoms with van der Waals surface area (Å²) in [6, 6.07) is 84.2. The zero-order valence-corrected chi connectivity index (χ0v) is 42.5. The van der Waals surface area contributed by atoms with Crippen LogP contribution in [0.1, 0.15) is 16.7 Å². The Labute approximate surface area is 454 Å². The third kappa shape index (κ3) is 8.13. The summed E-state index contributed by atoms with van der Waals surface area (Å²) in [7, 11) is 0. The van der Waals surface area contributed by atoms with Crippen LogP contribution in [0.4, 0.5) is 0 Å². The zero-order chi connectivity index (χ0) is 53.0. The SMILES string of the molecule is Cc1cc(C#N)cc(-c2ccc(-n3c4ccccc4c4ccc(-c5nc(-c6ccccc6)nc(-c6ccccc6)n5)cc43)c(C#N)c2-n2c3ccccc3c3ccc(-c4nc(-c5ccccc5)nc(-c5ccccc5)n4)cc32)c1. The van der Waals surface area contributed by atoms with E-state index in [9.17, 15) is 10.5 Å². The molecule has 0 saturated heterocycles. The second-order valence-corrected chi connectivity index (χ2v) is 19.4. The zero-order valence-electron chi connectivity index (χ0n) is 42.5. The molecule has 368 valence electrons. The molecule has 0 aliphatic heterocycles. The fourth-order valence-corrected chi connectivity index (χ4v) is 10.9. The molecule has 0 atom stereocenters. The van der Waals surface area contributed by atoms with Crippen LogP contribution in [0.25, 0.3) is 134 Å². The molecule has 4 aromatic heterocycles. The highest BCUT2D eigenvalue weighted by molar-refractivity contribution is 6.12. The van der Waals surface area contributed by atoms with Gasteiger partial charge >= 0.3 is 0 Å². The van der Waals surface area contributed by atoms with Gasteiger partial charge in [-0.1, -0.05) is 194 Å². The molecule has 0 bridgehead atoms. The van der Waals surface area contributed by atoms with Gasteiger partial charge in [0.2, 0.25) is 0 Å². The van der Waals surface area contributed by atoms with Gasteiger partial charge in [-0.05, 0) is 60.5 Å². The van der Waals surface area contributed by atoms with Gasteiger partial charge in [-0.3, -0.25) is 0 Å². The summed E-state index contributed by atoms with van der Waals surface area (Å²) in [5.74, 6) is 3.25. The number of nitrogens with zero attached hydrogens (tertiary/aromatic N) is 10. The summed E-state index contributed by atoms with van der Waals surface area (Å²) in [4.78, 5) is 30.5. The maximum Gasteiger partial charge on any atom is 0.164 e. The Morgan fingerprint density at radius 1 is 0.316 bits per heavy atom. The van der Waals surface area contributed by atoms with E-state index in [-0.39, 0.29) is 0 Å². The molecule has 0 fully saturated rings. The normalized spacial score (nSPS) is 11.3. The fraction of sp³-hybridized carbons (Fsp3) is 0.0145. The van der Waals surface area contributed by atoms with E-state index < -0.39 is 0 Å². The van der Waals surface area contributed by atoms with E-state index in [2.05, 4.69) is 94.1 Å². The highest BCUT2D eigenvalue weighted by Crippen LogP contribution is 2.44. The molecule has 0 saturated carbocycles. The molecule has 0 aliphatic carbocycles. The Bertz CT molecular complexity index is 4690. The first-order valence-corrected chi connectivity index (χ1v) is 25.9. The quantitative estimate of drug-likeness (QED) is 0.139. The van der Waals surface area contributed by atoms with Crippen LogP contribution < -0.4 is 0 Å². The maximum atomic E-state index is 12.0. The second kappa shape index (κ2) is 19.2. The first-order valence-electron chi connectivity index (χ1n) is 25.9. The van der Waals surface area contributed by atoms with Crippen molar-refractivity contribution in [2.45, 2.75) is 6.92 Å². The lowest BCUT2D eigenvalue weighted by Crippen LogP contribution is -2.07. The van der Waals surface area contributed by atoms with Crippen molar-refractivity contribution < 1.29 is 0 Å². The Morgan fingerprint density at radius 2 is 0.709 bits per heavy atom. The van der Waals surface area contributed by atoms with Gasteiger partial charge < -0.3 is 9.13 Å². The molecule has 0 radical (unpaired) electrons. The van der Waals surface area contributed by atoms with Crippen molar-refractivity contribution in [1.29, 1.82) is 10.5 Å². The van der Waals surface area contributed by atoms with Gasteiger partial charge in [-0.15, -0.1) is 0 Å². The van der Waals surface area contributed by atoms with Crippen LogP contribution in [0.5, 0.6) is 0 Å². The molecule has 10 heteroatoms. The largest absolute Gasteiger partial charge is 0.308 e. The van der Waals surface area contributed by atoms with Crippen LogP contribution in [0.2, 0.25) is 0 Å². The summed E-state index contributed by atoms with van der Waals surface area (Å²) >= 11 is 0. The minimum absolute atomic E-state index is 0.425. The molecule has 0 unspecified atom stereocenters. The van der Waals surface area contributed by atoms with Gasteiger partial charge in [-0.25, -0.2) is 29.9 Å². The lowest BCUT2D eigenvalue weighted by molar-refractivity contribution is 1.07. The molecule has 10 aromatic carbocycles. The predicted octanol–water partition coefficient (Wildman–Crippen LogP) is 16.0. The Kier molecular flexibility index (Phi) is 11.3. The van der Waals surface area contributed by atoms with Gasteiger partial charge in [0.1, 0.15) is 11.6 Å². The smallest absolute Gasteiger partial charge is 0.164 e. The molecule has 79 heavy (non-hydrogen) atoms. The summed E-state index contributed by atoms with van der Waals surface area (Å²) in [5.41, 5.74) is 13.3. The highest BCUT2D eigenvalue weighted by atomic mass is 15.1. The number of benzene rings is 10. The number of hydrogen-bond donors (Lipinski definition) is 0. The minimum atomic E-state index is 0.425. The Morgan fingerprint density at radius 3 is 1.15 bits per heavy atom. The van der Waals surface area contributed by atoms with Crippen molar-refractivity contribution in [3.63, 3.8) is 0 Å². The summed E-state index contributed by atoms with van der Waals surface area (Å²) in [5, 5.41) is 26.4. The molecule has 14 rings (SSSR count). The van der Waals surface area contributed by atoms with E-state index >= 15 is 0 Å². The standard InChI is InChI=1S/C69H42N10/c1-43-36-44(41-70)38-51(37-43)52-34-35-60(78-58-28-16-14-26-53(58)55-32-30-49(39-61(55)78)68-74-64(45-18-6-2-7-19-45)72-65(75-68)46-20-8-3-9-21-46)57(42-71)63(52)79-59-29-17-15-27-54(59)56-33-31-50(40-62(56)79)69-76-66(47-22-10-4-11-23-47)73-67(77-69)48-24-12-5-13-25-48/h2-40H,1H3. The molecular formula is C69H42N10. The van der Waals surface area contributed by atoms with Crippen LogP contribution in [0.15, 0.2) is 237 Å². The number of para-hydroxylation sites is 2. The van der Waals surface area contributed by atoms with Gasteiger partial charge in [0.25, 0.3) is 0 Å². The number of rotatable bonds is 9. The third-order valence-electron chi connectivity index (χ3n) is 14.5. The molecule has 0 amide bonds. The van der Waals surface area contributed by atoms with Crippen LogP contribution >= 0.6 is 0 Å². The van der Waals surface area contributed by atoms with E-state index in [0.717, 1.165) is 93.7 Å². The van der Waals surface area contributed by atoms with E-state index in [1.54, 1.807) is 0 Å². The van der Waals surface area contributed by atoms with Crippen molar-refractivity contribution in [2.24, 2.45) is 0 Å². The monoisotopic (exact) mass is 1010 g/mol. The first-order chi connectivity index (χ1) is 39.0. The molecule has 0 N–H and O–H groups in total. The van der Waals surface area contributed by atoms with Crippen molar-refractivity contribution >= 4 is 43.6 Å². The molecule has 14 aromatic rings. The summed E-state index contributed by atoms with van der Waals surface area (Å²) < 4.78 is 4.40. The van der Waals surface area contributed by atoms with Crippen molar-refractivity contribution in [3.8, 4) is 103 Å². The Hall–Kier alpha value is -11.2. The fourth-order valence-electron chi connectivity index (χ4n) is 10.9. The van der Waals surface area contributed by atoms with Crippen molar-refractivity contribution in [3.05, 3.63) is 253 Å². The first kappa shape index (κ1) is 46.3. The lowest BCUT2D eigenvalue weighted by atomic mass is 9.95. The second-order valence-electron chi connectivity index (χ2n) is 19.4. The predicted molar refractivity (Wildman–Crippen MR) is 314 cm³/mol. The third-order valence-corrected chi connectivity index (χ3v) is 14.5. The minimum Gasteiger partial charge on any atom is -0.308 e. The number of nitriles is 2. The van der Waals surface area contributed by atoms with Crippen LogP contribution in [0.3, 0.4) is 0 Å². The number of aromatic nitrogens is 8. The number of fused-ring (bicyclic) bond motifs is 6. The highest BCUT2D eigenvalue weighted by Gasteiger charge is 2.26. The van der Waals surface area contributed by atoms with Crippen LogP contribution in [0, 0.1) is 29.6 Å². The lowest BCUT2D eigenvalue weighted by Gasteiger charge is -2.20. The van der Waals surface area contributed by atoms with Gasteiger partial charge in [0.05, 0.1) is 45.1 Å². The number of hydrogen-bond acceptors (Lipinski definition) is 8. The van der Waals surface area contributed by atoms with Crippen LogP contribution in [-0.4, -0.2) is 39.0 Å². The van der Waals surface area contributed by atoms with Gasteiger partial charge in [-0.2, -0.15) is 10.5 Å². The van der Waals surface area contributed by atoms with Gasteiger partial charge in [0.15, 0.2) is 34.9 Å². The maximum absolute atomic E-state index is 12.0.